The summed E-state index contributed by atoms with van der Waals surface area (Å²) in [6.07, 6.45) is 7.92. The molecule has 0 spiro atoms. The number of hydrogen-bond donors (Lipinski definition) is 0. The molecule has 0 aliphatic carbocycles. The quantitative estimate of drug-likeness (QED) is 0.276. The van der Waals surface area contributed by atoms with E-state index in [-0.39, 0.29) is 5.97 Å². The van der Waals surface area contributed by atoms with Gasteiger partial charge in [0, 0.05) is 10.3 Å². The third-order valence-electron chi connectivity index (χ3n) is 2.32. The maximum Gasteiger partial charge on any atom is 0.305 e. The molecule has 0 aromatic rings. The molecule has 0 aliphatic rings. The lowest BCUT2D eigenvalue weighted by Gasteiger charge is -2.08. The van der Waals surface area contributed by atoms with Crippen LogP contribution in [0, 0.1) is 0 Å². The Morgan fingerprint density at radius 3 is 2.47 bits per heavy atom. The minimum Gasteiger partial charge on any atom is -0.466 e. The predicted molar refractivity (Wildman–Crippen MR) is 72.4 cm³/mol. The summed E-state index contributed by atoms with van der Waals surface area (Å²) in [4.78, 5) is 11.1. The van der Waals surface area contributed by atoms with Gasteiger partial charge in [-0.15, -0.1) is 0 Å². The average Bonchev–Trinajstić information content (AvgIpc) is 2.18. The van der Waals surface area contributed by atoms with Gasteiger partial charge >= 0.3 is 5.97 Å². The van der Waals surface area contributed by atoms with E-state index in [0.29, 0.717) is 13.0 Å². The largest absolute Gasteiger partial charge is 0.466 e. The van der Waals surface area contributed by atoms with E-state index in [4.69, 9.17) is 4.74 Å². The van der Waals surface area contributed by atoms with Crippen LogP contribution in [-0.2, 0) is 9.53 Å². The number of unbranched alkanes of at least 4 members (excludes halogenated alkanes) is 2. The van der Waals surface area contributed by atoms with Crippen LogP contribution in [0.3, 0.4) is 0 Å². The van der Waals surface area contributed by atoms with Gasteiger partial charge < -0.3 is 4.74 Å². The van der Waals surface area contributed by atoms with Crippen molar-refractivity contribution in [1.29, 1.82) is 0 Å². The zero-order chi connectivity index (χ0) is 11.5. The predicted octanol–water partition coefficient (Wildman–Crippen LogP) is 4.10. The second kappa shape index (κ2) is 10.7. The first-order valence-electron chi connectivity index (χ1n) is 6.00. The molecule has 15 heavy (non-hydrogen) atoms. The minimum absolute atomic E-state index is 0.0466. The number of rotatable bonds is 9. The van der Waals surface area contributed by atoms with Crippen LogP contribution in [0.5, 0.6) is 0 Å². The highest BCUT2D eigenvalue weighted by Crippen LogP contribution is 2.17. The molecule has 2 nitrogen and oxygen atoms in total. The zero-order valence-corrected chi connectivity index (χ0v) is 12.1. The maximum atomic E-state index is 11.1. The first-order valence-corrected chi connectivity index (χ1v) is 7.25. The molecule has 0 amide bonds. The highest BCUT2D eigenvalue weighted by Gasteiger charge is 2.06. The van der Waals surface area contributed by atoms with Gasteiger partial charge in [-0.25, -0.2) is 0 Å². The van der Waals surface area contributed by atoms with Gasteiger partial charge in [-0.1, -0.05) is 48.8 Å². The highest BCUT2D eigenvalue weighted by molar-refractivity contribution is 14.1. The Labute approximate surface area is 107 Å². The fourth-order valence-corrected chi connectivity index (χ4v) is 2.34. The molecule has 1 atom stereocenters. The van der Waals surface area contributed by atoms with Crippen molar-refractivity contribution < 1.29 is 9.53 Å². The van der Waals surface area contributed by atoms with Gasteiger partial charge in [0.2, 0.25) is 0 Å². The number of halogens is 1. The molecule has 0 rings (SSSR count). The first kappa shape index (κ1) is 15.2. The average molecular weight is 326 g/mol. The van der Waals surface area contributed by atoms with Crippen LogP contribution in [0.25, 0.3) is 0 Å². The maximum absolute atomic E-state index is 11.1. The standard InChI is InChI=1S/C12H23IO2/c1-3-5-6-8-11(13)9-7-10-12(14)15-4-2/h11H,3-10H2,1-2H3. The Kier molecular flexibility index (Phi) is 10.9. The molecule has 0 heterocycles. The monoisotopic (exact) mass is 326 g/mol. The van der Waals surface area contributed by atoms with E-state index in [2.05, 4.69) is 29.5 Å². The second-order valence-electron chi connectivity index (χ2n) is 3.79. The third kappa shape index (κ3) is 10.5. The first-order chi connectivity index (χ1) is 7.20. The molecule has 0 aliphatic heterocycles. The van der Waals surface area contributed by atoms with Gasteiger partial charge in [-0.05, 0) is 26.2 Å². The molecule has 0 bridgehead atoms. The molecule has 0 radical (unpaired) electrons. The Hall–Kier alpha value is 0.200. The van der Waals surface area contributed by atoms with E-state index in [1.807, 2.05) is 6.92 Å². The van der Waals surface area contributed by atoms with E-state index in [9.17, 15) is 4.79 Å². The molecular formula is C12H23IO2. The van der Waals surface area contributed by atoms with Crippen LogP contribution < -0.4 is 0 Å². The summed E-state index contributed by atoms with van der Waals surface area (Å²) >= 11 is 2.50. The lowest BCUT2D eigenvalue weighted by Crippen LogP contribution is -2.05. The van der Waals surface area contributed by atoms with Crippen molar-refractivity contribution in [2.45, 2.75) is 62.7 Å². The van der Waals surface area contributed by atoms with Gasteiger partial charge in [0.15, 0.2) is 0 Å². The lowest BCUT2D eigenvalue weighted by molar-refractivity contribution is -0.143. The Morgan fingerprint density at radius 1 is 1.20 bits per heavy atom. The normalized spacial score (nSPS) is 12.5. The van der Waals surface area contributed by atoms with Crippen molar-refractivity contribution in [1.82, 2.24) is 0 Å². The van der Waals surface area contributed by atoms with Crippen molar-refractivity contribution in [3.8, 4) is 0 Å². The van der Waals surface area contributed by atoms with E-state index in [0.717, 1.165) is 16.8 Å². The number of hydrogen-bond acceptors (Lipinski definition) is 2. The van der Waals surface area contributed by atoms with Crippen molar-refractivity contribution in [3.63, 3.8) is 0 Å². The summed E-state index contributed by atoms with van der Waals surface area (Å²) in [6.45, 7) is 4.58. The van der Waals surface area contributed by atoms with E-state index < -0.39 is 0 Å². The molecule has 90 valence electrons. The summed E-state index contributed by atoms with van der Waals surface area (Å²) in [7, 11) is 0. The second-order valence-corrected chi connectivity index (χ2v) is 5.55. The van der Waals surface area contributed by atoms with E-state index in [1.54, 1.807) is 0 Å². The highest BCUT2D eigenvalue weighted by atomic mass is 127. The van der Waals surface area contributed by atoms with Gasteiger partial charge in [0.05, 0.1) is 6.61 Å². The topological polar surface area (TPSA) is 26.3 Å². The van der Waals surface area contributed by atoms with Crippen molar-refractivity contribution >= 4 is 28.6 Å². The number of carbonyl (C=O) groups is 1. The Bertz CT molecular complexity index is 160. The van der Waals surface area contributed by atoms with Crippen molar-refractivity contribution in [2.24, 2.45) is 0 Å². The van der Waals surface area contributed by atoms with Gasteiger partial charge in [-0.2, -0.15) is 0 Å². The van der Waals surface area contributed by atoms with Crippen LogP contribution in [0.1, 0.15) is 58.8 Å². The zero-order valence-electron chi connectivity index (χ0n) is 9.93. The summed E-state index contributed by atoms with van der Waals surface area (Å²) < 4.78 is 5.61. The molecule has 0 N–H and O–H groups in total. The molecular weight excluding hydrogens is 303 g/mol. The number of alkyl halides is 1. The Balaban J connectivity index is 3.30. The van der Waals surface area contributed by atoms with E-state index in [1.165, 1.54) is 25.7 Å². The minimum atomic E-state index is -0.0466. The number of carbonyl (C=O) groups excluding carboxylic acids is 1. The molecule has 0 saturated heterocycles. The van der Waals surface area contributed by atoms with Crippen LogP contribution in [0.4, 0.5) is 0 Å². The molecule has 0 fully saturated rings. The Morgan fingerprint density at radius 2 is 1.87 bits per heavy atom. The fraction of sp³-hybridized carbons (Fsp3) is 0.917. The van der Waals surface area contributed by atoms with Crippen molar-refractivity contribution in [2.75, 3.05) is 6.61 Å². The van der Waals surface area contributed by atoms with Crippen LogP contribution >= 0.6 is 22.6 Å². The molecule has 0 aromatic heterocycles. The van der Waals surface area contributed by atoms with Crippen LogP contribution in [0.2, 0.25) is 0 Å². The van der Waals surface area contributed by atoms with Crippen molar-refractivity contribution in [3.05, 3.63) is 0 Å². The number of esters is 1. The van der Waals surface area contributed by atoms with Gasteiger partial charge in [-0.3, -0.25) is 4.79 Å². The van der Waals surface area contributed by atoms with Crippen LogP contribution in [-0.4, -0.2) is 16.5 Å². The summed E-state index contributed by atoms with van der Waals surface area (Å²) in [5, 5.41) is 0. The molecule has 3 heteroatoms. The smallest absolute Gasteiger partial charge is 0.305 e. The summed E-state index contributed by atoms with van der Waals surface area (Å²) in [6, 6.07) is 0. The number of ether oxygens (including phenoxy) is 1. The van der Waals surface area contributed by atoms with Gasteiger partial charge in [0.1, 0.15) is 0 Å². The van der Waals surface area contributed by atoms with E-state index >= 15 is 0 Å². The lowest BCUT2D eigenvalue weighted by atomic mass is 10.1. The molecule has 0 aromatic carbocycles. The molecule has 0 saturated carbocycles. The SMILES string of the molecule is CCCCCC(I)CCCC(=O)OCC. The van der Waals surface area contributed by atoms with Gasteiger partial charge in [0.25, 0.3) is 0 Å². The summed E-state index contributed by atoms with van der Waals surface area (Å²) in [5.74, 6) is -0.0466. The van der Waals surface area contributed by atoms with Crippen LogP contribution in [0.15, 0.2) is 0 Å². The fourth-order valence-electron chi connectivity index (χ4n) is 1.46. The summed E-state index contributed by atoms with van der Waals surface area (Å²) in [5.41, 5.74) is 0. The molecule has 1 unspecified atom stereocenters. The third-order valence-corrected chi connectivity index (χ3v) is 3.57.